The van der Waals surface area contributed by atoms with Gasteiger partial charge in [0.15, 0.2) is 11.5 Å². The van der Waals surface area contributed by atoms with Crippen molar-refractivity contribution in [2.45, 2.75) is 13.0 Å². The average Bonchev–Trinajstić information content (AvgIpc) is 3.04. The van der Waals surface area contributed by atoms with Crippen molar-refractivity contribution < 1.29 is 14.3 Å². The van der Waals surface area contributed by atoms with Crippen LogP contribution in [0.15, 0.2) is 36.4 Å². The van der Waals surface area contributed by atoms with Crippen molar-refractivity contribution in [1.82, 2.24) is 10.2 Å². The van der Waals surface area contributed by atoms with Gasteiger partial charge < -0.3 is 24.6 Å². The van der Waals surface area contributed by atoms with Gasteiger partial charge in [0.25, 0.3) is 0 Å². The van der Waals surface area contributed by atoms with E-state index in [1.54, 1.807) is 6.07 Å². The van der Waals surface area contributed by atoms with Crippen LogP contribution in [-0.2, 0) is 6.54 Å². The number of hydrogen-bond donors (Lipinski definition) is 1. The number of hydrogen-bond acceptors (Lipinski definition) is 5. The molecule has 2 amide bonds. The molecule has 1 N–H and O–H groups in total. The van der Waals surface area contributed by atoms with E-state index in [2.05, 4.69) is 16.3 Å². The number of nitrogens with zero attached hydrogens (tertiary/aromatic N) is 3. The Labute approximate surface area is 180 Å². The van der Waals surface area contributed by atoms with Crippen molar-refractivity contribution in [2.75, 3.05) is 44.3 Å². The third kappa shape index (κ3) is 4.39. The fraction of sp³-hybridized carbons (Fsp3) is 0.364. The van der Waals surface area contributed by atoms with Crippen LogP contribution in [0.2, 0.25) is 5.02 Å². The van der Waals surface area contributed by atoms with Gasteiger partial charge in [-0.1, -0.05) is 23.7 Å². The topological polar surface area (TPSA) is 77.8 Å². The van der Waals surface area contributed by atoms with Crippen LogP contribution < -0.4 is 19.7 Å². The number of ether oxygens (including phenoxy) is 2. The third-order valence-corrected chi connectivity index (χ3v) is 5.53. The second-order valence-corrected chi connectivity index (χ2v) is 7.62. The zero-order valence-corrected chi connectivity index (χ0v) is 17.3. The number of fused-ring (bicyclic) bond motifs is 1. The Kier molecular flexibility index (Phi) is 6.15. The highest BCUT2D eigenvalue weighted by atomic mass is 35.5. The fourth-order valence-corrected chi connectivity index (χ4v) is 4.05. The summed E-state index contributed by atoms with van der Waals surface area (Å²) in [7, 11) is 0. The van der Waals surface area contributed by atoms with Crippen LogP contribution in [0, 0.1) is 11.3 Å². The molecule has 2 aliphatic rings. The number of para-hydroxylation sites is 1. The van der Waals surface area contributed by atoms with Gasteiger partial charge in [-0.3, -0.25) is 0 Å². The molecule has 0 aromatic heterocycles. The quantitative estimate of drug-likeness (QED) is 0.813. The second kappa shape index (κ2) is 9.14. The minimum Gasteiger partial charge on any atom is -0.486 e. The van der Waals surface area contributed by atoms with E-state index in [9.17, 15) is 10.1 Å². The number of anilines is 1. The van der Waals surface area contributed by atoms with Gasteiger partial charge in [-0.25, -0.2) is 4.79 Å². The summed E-state index contributed by atoms with van der Waals surface area (Å²) in [5.74, 6) is 1.17. The van der Waals surface area contributed by atoms with Gasteiger partial charge in [-0.2, -0.15) is 5.26 Å². The standard InChI is InChI=1S/C22H23ClN4O3/c23-18-12-16(13-20-21(18)30-11-10-29-20)15-25-22(28)27-7-3-6-26(8-9-27)19-5-2-1-4-17(19)14-24/h1-2,4-5,12-13H,3,6-11,15H2,(H,25,28). The third-order valence-electron chi connectivity index (χ3n) is 5.25. The Morgan fingerprint density at radius 2 is 1.97 bits per heavy atom. The molecule has 7 nitrogen and oxygen atoms in total. The average molecular weight is 427 g/mol. The van der Waals surface area contributed by atoms with E-state index >= 15 is 0 Å². The molecule has 0 bridgehead atoms. The Morgan fingerprint density at radius 3 is 2.83 bits per heavy atom. The molecule has 0 aliphatic carbocycles. The van der Waals surface area contributed by atoms with Crippen molar-refractivity contribution >= 4 is 23.3 Å². The lowest BCUT2D eigenvalue weighted by atomic mass is 10.1. The molecule has 30 heavy (non-hydrogen) atoms. The van der Waals surface area contributed by atoms with Crippen LogP contribution in [0.4, 0.5) is 10.5 Å². The minimum atomic E-state index is -0.114. The number of carbonyl (C=O) groups is 1. The van der Waals surface area contributed by atoms with Crippen LogP contribution >= 0.6 is 11.6 Å². The summed E-state index contributed by atoms with van der Waals surface area (Å²) in [6.45, 7) is 4.06. The summed E-state index contributed by atoms with van der Waals surface area (Å²) in [5.41, 5.74) is 2.44. The summed E-state index contributed by atoms with van der Waals surface area (Å²) < 4.78 is 11.1. The van der Waals surface area contributed by atoms with E-state index < -0.39 is 0 Å². The fourth-order valence-electron chi connectivity index (χ4n) is 3.76. The zero-order chi connectivity index (χ0) is 20.9. The van der Waals surface area contributed by atoms with E-state index in [0.29, 0.717) is 61.5 Å². The first kappa shape index (κ1) is 20.2. The smallest absolute Gasteiger partial charge is 0.317 e. The normalized spacial score (nSPS) is 15.9. The largest absolute Gasteiger partial charge is 0.486 e. The van der Waals surface area contributed by atoms with Crippen LogP contribution in [0.1, 0.15) is 17.5 Å². The lowest BCUT2D eigenvalue weighted by molar-refractivity contribution is 0.171. The van der Waals surface area contributed by atoms with Gasteiger partial charge in [0.1, 0.15) is 19.3 Å². The molecule has 1 saturated heterocycles. The molecule has 0 spiro atoms. The zero-order valence-electron chi connectivity index (χ0n) is 16.6. The highest BCUT2D eigenvalue weighted by Gasteiger charge is 2.21. The van der Waals surface area contributed by atoms with Gasteiger partial charge in [0.05, 0.1) is 16.3 Å². The van der Waals surface area contributed by atoms with Crippen LogP contribution in [0.5, 0.6) is 11.5 Å². The molecule has 2 aromatic carbocycles. The number of halogens is 1. The molecular formula is C22H23ClN4O3. The SMILES string of the molecule is N#Cc1ccccc1N1CCCN(C(=O)NCc2cc(Cl)c3c(c2)OCCO3)CC1. The summed E-state index contributed by atoms with van der Waals surface area (Å²) in [6, 6.07) is 13.4. The summed E-state index contributed by atoms with van der Waals surface area (Å²) in [6.07, 6.45) is 0.836. The van der Waals surface area contributed by atoms with E-state index in [4.69, 9.17) is 21.1 Å². The molecular weight excluding hydrogens is 404 g/mol. The molecule has 1 fully saturated rings. The first-order valence-corrected chi connectivity index (χ1v) is 10.4. The molecule has 156 valence electrons. The predicted octanol–water partition coefficient (Wildman–Crippen LogP) is 3.40. The van der Waals surface area contributed by atoms with Crippen LogP contribution in [0.25, 0.3) is 0 Å². The lowest BCUT2D eigenvalue weighted by Gasteiger charge is -2.24. The van der Waals surface area contributed by atoms with Crippen molar-refractivity contribution in [3.63, 3.8) is 0 Å². The van der Waals surface area contributed by atoms with E-state index in [1.165, 1.54) is 0 Å². The lowest BCUT2D eigenvalue weighted by Crippen LogP contribution is -2.41. The molecule has 2 aromatic rings. The van der Waals surface area contributed by atoms with Gasteiger partial charge in [-0.05, 0) is 36.2 Å². The molecule has 0 radical (unpaired) electrons. The van der Waals surface area contributed by atoms with Gasteiger partial charge in [-0.15, -0.1) is 0 Å². The first-order valence-electron chi connectivity index (χ1n) is 10.0. The predicted molar refractivity (Wildman–Crippen MR) is 114 cm³/mol. The maximum Gasteiger partial charge on any atom is 0.317 e. The van der Waals surface area contributed by atoms with Crippen molar-refractivity contribution in [1.29, 1.82) is 5.26 Å². The van der Waals surface area contributed by atoms with Crippen LogP contribution in [0.3, 0.4) is 0 Å². The Morgan fingerprint density at radius 1 is 1.13 bits per heavy atom. The van der Waals surface area contributed by atoms with E-state index in [-0.39, 0.29) is 6.03 Å². The molecule has 0 atom stereocenters. The van der Waals surface area contributed by atoms with Crippen LogP contribution in [-0.4, -0.2) is 50.3 Å². The molecule has 2 aliphatic heterocycles. The molecule has 2 heterocycles. The number of rotatable bonds is 3. The van der Waals surface area contributed by atoms with E-state index in [0.717, 1.165) is 24.2 Å². The molecule has 4 rings (SSSR count). The monoisotopic (exact) mass is 426 g/mol. The van der Waals surface area contributed by atoms with E-state index in [1.807, 2.05) is 35.2 Å². The second-order valence-electron chi connectivity index (χ2n) is 7.22. The summed E-state index contributed by atoms with van der Waals surface area (Å²) >= 11 is 6.28. The molecule has 0 saturated carbocycles. The summed E-state index contributed by atoms with van der Waals surface area (Å²) in [5, 5.41) is 12.8. The number of carbonyl (C=O) groups excluding carboxylic acids is 1. The molecule has 0 unspecified atom stereocenters. The number of nitriles is 1. The van der Waals surface area contributed by atoms with Crippen molar-refractivity contribution in [2.24, 2.45) is 0 Å². The first-order chi connectivity index (χ1) is 14.7. The highest BCUT2D eigenvalue weighted by molar-refractivity contribution is 6.32. The number of nitrogens with one attached hydrogen (secondary N) is 1. The van der Waals surface area contributed by atoms with Crippen molar-refractivity contribution in [3.8, 4) is 17.6 Å². The van der Waals surface area contributed by atoms with Crippen molar-refractivity contribution in [3.05, 3.63) is 52.5 Å². The minimum absolute atomic E-state index is 0.114. The van der Waals surface area contributed by atoms with Gasteiger partial charge >= 0.3 is 6.03 Å². The Hall–Kier alpha value is -3.11. The number of amides is 2. The van der Waals surface area contributed by atoms with Gasteiger partial charge in [0.2, 0.25) is 0 Å². The number of benzene rings is 2. The van der Waals surface area contributed by atoms with Gasteiger partial charge in [0, 0.05) is 32.7 Å². The number of urea groups is 1. The molecule has 8 heteroatoms. The maximum atomic E-state index is 12.7. The summed E-state index contributed by atoms with van der Waals surface area (Å²) in [4.78, 5) is 16.7. The maximum absolute atomic E-state index is 12.7. The Bertz CT molecular complexity index is 975. The highest BCUT2D eigenvalue weighted by Crippen LogP contribution is 2.38. The Balaban J connectivity index is 1.36.